The summed E-state index contributed by atoms with van der Waals surface area (Å²) in [5, 5.41) is 10.4. The van der Waals surface area contributed by atoms with Crippen molar-refractivity contribution in [3.63, 3.8) is 0 Å². The van der Waals surface area contributed by atoms with Crippen LogP contribution in [-0.4, -0.2) is 23.3 Å². The second kappa shape index (κ2) is 9.08. The Labute approximate surface area is 196 Å². The average molecular weight is 445 g/mol. The van der Waals surface area contributed by atoms with Crippen LogP contribution in [0.25, 0.3) is 0 Å². The molecule has 0 radical (unpaired) electrons. The minimum Gasteiger partial charge on any atom is -0.462 e. The Kier molecular flexibility index (Phi) is 6.90. The first-order valence-electron chi connectivity index (χ1n) is 13.6. The van der Waals surface area contributed by atoms with Crippen LogP contribution in [0.2, 0.25) is 0 Å². The summed E-state index contributed by atoms with van der Waals surface area (Å²) in [6, 6.07) is 0. The molecule has 0 aromatic heterocycles. The molecule has 4 aliphatic carbocycles. The van der Waals surface area contributed by atoms with E-state index in [1.807, 2.05) is 0 Å². The molecule has 4 aliphatic rings. The van der Waals surface area contributed by atoms with Crippen molar-refractivity contribution in [2.75, 3.05) is 0 Å². The van der Waals surface area contributed by atoms with Crippen molar-refractivity contribution in [2.24, 2.45) is 46.3 Å². The van der Waals surface area contributed by atoms with Gasteiger partial charge in [-0.15, -0.1) is 0 Å². The lowest BCUT2D eigenvalue weighted by atomic mass is 9.44. The van der Waals surface area contributed by atoms with Gasteiger partial charge < -0.3 is 9.84 Å². The minimum absolute atomic E-state index is 0.0366. The first-order chi connectivity index (χ1) is 15.1. The van der Waals surface area contributed by atoms with Crippen molar-refractivity contribution >= 4 is 5.97 Å². The molecule has 9 atom stereocenters. The van der Waals surface area contributed by atoms with Gasteiger partial charge in [0.15, 0.2) is 0 Å². The van der Waals surface area contributed by atoms with Crippen LogP contribution in [0.4, 0.5) is 0 Å². The summed E-state index contributed by atoms with van der Waals surface area (Å²) >= 11 is 0. The zero-order valence-corrected chi connectivity index (χ0v) is 21.5. The summed E-state index contributed by atoms with van der Waals surface area (Å²) in [7, 11) is 0. The lowest BCUT2D eigenvalue weighted by Crippen LogP contribution is -2.59. The van der Waals surface area contributed by atoms with Crippen LogP contribution in [0.1, 0.15) is 106 Å². The monoisotopic (exact) mass is 444 g/mol. The molecule has 0 amide bonds. The van der Waals surface area contributed by atoms with E-state index in [0.29, 0.717) is 40.4 Å². The molecule has 1 N–H and O–H groups in total. The van der Waals surface area contributed by atoms with Gasteiger partial charge in [0, 0.05) is 12.8 Å². The van der Waals surface area contributed by atoms with Gasteiger partial charge in [-0.05, 0) is 112 Å². The van der Waals surface area contributed by atoms with Crippen molar-refractivity contribution in [3.05, 3.63) is 11.6 Å². The van der Waals surface area contributed by atoms with Gasteiger partial charge in [-0.3, -0.25) is 4.79 Å². The predicted molar refractivity (Wildman–Crippen MR) is 130 cm³/mol. The van der Waals surface area contributed by atoms with Crippen molar-refractivity contribution in [1.29, 1.82) is 0 Å². The Morgan fingerprint density at radius 2 is 1.72 bits per heavy atom. The number of aliphatic hydroxyl groups excluding tert-OH is 1. The molecule has 0 saturated heterocycles. The molecule has 4 saturated carbocycles. The Morgan fingerprint density at radius 3 is 2.41 bits per heavy atom. The lowest BCUT2D eigenvalue weighted by Gasteiger charge is -2.62. The summed E-state index contributed by atoms with van der Waals surface area (Å²) in [5.74, 6) is 3.56. The number of hydrogen-bond acceptors (Lipinski definition) is 3. The number of hydrogen-bond donors (Lipinski definition) is 1. The zero-order chi connectivity index (χ0) is 23.3. The van der Waals surface area contributed by atoms with Crippen LogP contribution in [0.3, 0.4) is 0 Å². The second-order valence-corrected chi connectivity index (χ2v) is 12.9. The number of allylic oxidation sites excluding steroid dienone is 2. The summed E-state index contributed by atoms with van der Waals surface area (Å²) < 4.78 is 6.09. The zero-order valence-electron chi connectivity index (χ0n) is 21.5. The molecule has 182 valence electrons. The third-order valence-corrected chi connectivity index (χ3v) is 10.7. The Hall–Kier alpha value is -0.830. The molecular formula is C29H48O3. The summed E-state index contributed by atoms with van der Waals surface area (Å²) in [6.45, 7) is 13.7. The number of aliphatic hydroxyl groups is 1. The van der Waals surface area contributed by atoms with Crippen LogP contribution in [0, 0.1) is 46.3 Å². The number of ether oxygens (including phenoxy) is 1. The van der Waals surface area contributed by atoms with Gasteiger partial charge in [0.25, 0.3) is 0 Å². The van der Waals surface area contributed by atoms with Crippen LogP contribution < -0.4 is 0 Å². The van der Waals surface area contributed by atoms with E-state index in [1.165, 1.54) is 38.5 Å². The van der Waals surface area contributed by atoms with E-state index in [4.69, 9.17) is 4.74 Å². The van der Waals surface area contributed by atoms with Crippen molar-refractivity contribution in [3.8, 4) is 0 Å². The van der Waals surface area contributed by atoms with Crippen molar-refractivity contribution < 1.29 is 14.6 Å². The maximum Gasteiger partial charge on any atom is 0.302 e. The first-order valence-corrected chi connectivity index (χ1v) is 13.6. The molecule has 3 heteroatoms. The Morgan fingerprint density at radius 1 is 1.03 bits per heavy atom. The van der Waals surface area contributed by atoms with Crippen LogP contribution in [0.15, 0.2) is 11.6 Å². The molecule has 3 unspecified atom stereocenters. The highest BCUT2D eigenvalue weighted by molar-refractivity contribution is 5.66. The maximum atomic E-state index is 12.1. The number of fused-ring (bicyclic) bond motifs is 5. The topological polar surface area (TPSA) is 46.5 Å². The number of carbonyl (C=O) groups excluding carboxylic acids is 1. The molecule has 0 aromatic rings. The molecule has 0 aliphatic heterocycles. The summed E-state index contributed by atoms with van der Waals surface area (Å²) in [4.78, 5) is 12.1. The highest BCUT2D eigenvalue weighted by Crippen LogP contribution is 2.68. The molecule has 3 nitrogen and oxygen atoms in total. The third kappa shape index (κ3) is 4.21. The lowest BCUT2D eigenvalue weighted by molar-refractivity contribution is -0.192. The van der Waals surface area contributed by atoms with E-state index in [1.54, 1.807) is 12.5 Å². The SMILES string of the molecule is CC(=O)O[C@@H]1C[C@H]2C[C@@H](O)CC[C@]2(C)C2CC[C@@]3(C)C(CC[C@@H]3/C(C)=C\CCC(C)C)C21. The fourth-order valence-corrected chi connectivity index (χ4v) is 9.05. The highest BCUT2D eigenvalue weighted by atomic mass is 16.5. The first kappa shape index (κ1) is 24.3. The number of carbonyl (C=O) groups is 1. The van der Waals surface area contributed by atoms with E-state index in [0.717, 1.165) is 31.6 Å². The molecule has 0 bridgehead atoms. The highest BCUT2D eigenvalue weighted by Gasteiger charge is 2.63. The quantitative estimate of drug-likeness (QED) is 0.369. The molecule has 0 heterocycles. The molecule has 4 fully saturated rings. The summed E-state index contributed by atoms with van der Waals surface area (Å²) in [5.41, 5.74) is 2.23. The van der Waals surface area contributed by atoms with Gasteiger partial charge in [0.05, 0.1) is 6.10 Å². The Bertz CT molecular complexity index is 726. The predicted octanol–water partition coefficient (Wildman–Crippen LogP) is 6.93. The van der Waals surface area contributed by atoms with Gasteiger partial charge in [0.1, 0.15) is 6.10 Å². The fourth-order valence-electron chi connectivity index (χ4n) is 9.05. The molecule has 4 rings (SSSR count). The van der Waals surface area contributed by atoms with Crippen molar-refractivity contribution in [2.45, 2.75) is 118 Å². The summed E-state index contributed by atoms with van der Waals surface area (Å²) in [6.07, 6.45) is 13.9. The van der Waals surface area contributed by atoms with E-state index < -0.39 is 0 Å². The third-order valence-electron chi connectivity index (χ3n) is 10.7. The average Bonchev–Trinajstić information content (AvgIpc) is 3.05. The fraction of sp³-hybridized carbons (Fsp3) is 0.897. The van der Waals surface area contributed by atoms with E-state index in [-0.39, 0.29) is 18.2 Å². The normalized spacial score (nSPS) is 46.4. The Balaban J connectivity index is 1.61. The second-order valence-electron chi connectivity index (χ2n) is 12.9. The minimum atomic E-state index is -0.175. The standard InChI is InChI=1S/C29H48O3/c1-18(2)8-7-9-19(3)23-10-11-24-27-25(13-15-29(23,24)6)28(5)14-12-22(31)16-21(28)17-26(27)32-20(4)30/h9,18,21-27,31H,7-8,10-17H2,1-6H3/b19-9-/t21-,22+,23-,24?,25?,26-,27?,28+,29-/m1/s1. The molecule has 0 spiro atoms. The van der Waals surface area contributed by atoms with E-state index in [2.05, 4.69) is 40.7 Å². The molecule has 32 heavy (non-hydrogen) atoms. The molecular weight excluding hydrogens is 396 g/mol. The molecule has 0 aromatic carbocycles. The smallest absolute Gasteiger partial charge is 0.302 e. The van der Waals surface area contributed by atoms with Crippen LogP contribution >= 0.6 is 0 Å². The van der Waals surface area contributed by atoms with E-state index in [9.17, 15) is 9.90 Å². The maximum absolute atomic E-state index is 12.1. The van der Waals surface area contributed by atoms with Gasteiger partial charge in [0.2, 0.25) is 0 Å². The van der Waals surface area contributed by atoms with Crippen molar-refractivity contribution in [1.82, 2.24) is 0 Å². The van der Waals surface area contributed by atoms with Gasteiger partial charge in [-0.1, -0.05) is 39.3 Å². The van der Waals surface area contributed by atoms with Gasteiger partial charge in [-0.2, -0.15) is 0 Å². The van der Waals surface area contributed by atoms with Gasteiger partial charge in [-0.25, -0.2) is 0 Å². The van der Waals surface area contributed by atoms with Crippen LogP contribution in [0.5, 0.6) is 0 Å². The largest absolute Gasteiger partial charge is 0.462 e. The number of rotatable bonds is 5. The van der Waals surface area contributed by atoms with Crippen LogP contribution in [-0.2, 0) is 9.53 Å². The van der Waals surface area contributed by atoms with Gasteiger partial charge >= 0.3 is 5.97 Å². The number of esters is 1. The van der Waals surface area contributed by atoms with E-state index >= 15 is 0 Å².